The van der Waals surface area contributed by atoms with Gasteiger partial charge in [0.05, 0.1) is 4.92 Å². The number of nitrogens with one attached hydrogen (secondary N) is 2. The van der Waals surface area contributed by atoms with E-state index in [0.29, 0.717) is 5.56 Å². The van der Waals surface area contributed by atoms with E-state index in [0.717, 1.165) is 0 Å². The number of nitrogens with zero attached hydrogens (tertiary/aromatic N) is 1. The number of carbonyl (C=O) groups excluding carboxylic acids is 3. The summed E-state index contributed by atoms with van der Waals surface area (Å²) in [6, 6.07) is 3.42. The minimum absolute atomic E-state index is 0.0767. The van der Waals surface area contributed by atoms with Crippen molar-refractivity contribution in [2.75, 3.05) is 0 Å². The Balaban J connectivity index is 2.23. The molecule has 1 unspecified atom stereocenters. The highest BCUT2D eigenvalue weighted by molar-refractivity contribution is 6.05. The molecule has 8 heteroatoms. The number of nitro benzene ring substituents is 1. The fourth-order valence-electron chi connectivity index (χ4n) is 2.16. The van der Waals surface area contributed by atoms with Gasteiger partial charge in [0.2, 0.25) is 11.8 Å². The molecule has 3 amide bonds. The van der Waals surface area contributed by atoms with Gasteiger partial charge in [-0.15, -0.1) is 0 Å². The summed E-state index contributed by atoms with van der Waals surface area (Å²) in [5.41, 5.74) is 0.0426. The average molecular weight is 291 g/mol. The van der Waals surface area contributed by atoms with Gasteiger partial charge in [0.15, 0.2) is 0 Å². The summed E-state index contributed by atoms with van der Waals surface area (Å²) in [6.07, 6.45) is 0.294. The number of hydrogen-bond donors (Lipinski definition) is 2. The molecular formula is C13H13N3O5. The van der Waals surface area contributed by atoms with Crippen molar-refractivity contribution in [3.05, 3.63) is 39.4 Å². The lowest BCUT2D eigenvalue weighted by Crippen LogP contribution is -2.52. The van der Waals surface area contributed by atoms with Gasteiger partial charge in [-0.25, -0.2) is 0 Å². The van der Waals surface area contributed by atoms with Gasteiger partial charge < -0.3 is 5.32 Å². The average Bonchev–Trinajstić information content (AvgIpc) is 2.41. The van der Waals surface area contributed by atoms with E-state index in [1.807, 2.05) is 0 Å². The fraction of sp³-hybridized carbons (Fsp3) is 0.308. The van der Waals surface area contributed by atoms with Gasteiger partial charge in [-0.3, -0.25) is 29.8 Å². The summed E-state index contributed by atoms with van der Waals surface area (Å²) in [7, 11) is 0. The van der Waals surface area contributed by atoms with Crippen molar-refractivity contribution in [3.63, 3.8) is 0 Å². The summed E-state index contributed by atoms with van der Waals surface area (Å²) in [4.78, 5) is 45.2. The minimum Gasteiger partial charge on any atom is -0.340 e. The molecule has 0 aromatic heterocycles. The Morgan fingerprint density at radius 2 is 2.14 bits per heavy atom. The number of rotatable bonds is 3. The zero-order chi connectivity index (χ0) is 15.6. The summed E-state index contributed by atoms with van der Waals surface area (Å²) in [5.74, 6) is -1.70. The van der Waals surface area contributed by atoms with E-state index in [1.165, 1.54) is 12.1 Å². The van der Waals surface area contributed by atoms with Crippen molar-refractivity contribution in [3.8, 4) is 0 Å². The molecule has 1 aromatic rings. The second kappa shape index (κ2) is 5.70. The number of carbonyl (C=O) groups is 3. The second-order valence-corrected chi connectivity index (χ2v) is 4.70. The molecule has 0 saturated carbocycles. The molecule has 21 heavy (non-hydrogen) atoms. The van der Waals surface area contributed by atoms with Gasteiger partial charge in [0.25, 0.3) is 11.6 Å². The minimum atomic E-state index is -0.866. The Kier molecular flexibility index (Phi) is 3.97. The molecule has 2 N–H and O–H groups in total. The van der Waals surface area contributed by atoms with Crippen LogP contribution in [0.4, 0.5) is 5.69 Å². The van der Waals surface area contributed by atoms with Gasteiger partial charge in [0, 0.05) is 12.5 Å². The molecule has 1 saturated heterocycles. The van der Waals surface area contributed by atoms with Gasteiger partial charge in [-0.05, 0) is 18.9 Å². The van der Waals surface area contributed by atoms with Gasteiger partial charge in [-0.1, -0.05) is 12.1 Å². The number of hydrogen-bond acceptors (Lipinski definition) is 5. The van der Waals surface area contributed by atoms with E-state index in [-0.39, 0.29) is 24.1 Å². The van der Waals surface area contributed by atoms with Crippen LogP contribution in [0.2, 0.25) is 0 Å². The van der Waals surface area contributed by atoms with Gasteiger partial charge in [-0.2, -0.15) is 0 Å². The molecular weight excluding hydrogens is 278 g/mol. The molecule has 1 aliphatic heterocycles. The Morgan fingerprint density at radius 1 is 1.43 bits per heavy atom. The van der Waals surface area contributed by atoms with Crippen LogP contribution in [0.25, 0.3) is 0 Å². The summed E-state index contributed by atoms with van der Waals surface area (Å²) >= 11 is 0. The first-order valence-electron chi connectivity index (χ1n) is 6.28. The van der Waals surface area contributed by atoms with Gasteiger partial charge >= 0.3 is 0 Å². The van der Waals surface area contributed by atoms with Crippen LogP contribution in [0.5, 0.6) is 0 Å². The number of amides is 3. The SMILES string of the molecule is Cc1cccc([N+](=O)[O-])c1C(=O)NC1CCC(=O)NC1=O. The van der Waals surface area contributed by atoms with E-state index >= 15 is 0 Å². The topological polar surface area (TPSA) is 118 Å². The maximum atomic E-state index is 12.2. The molecule has 0 bridgehead atoms. The van der Waals surface area contributed by atoms with E-state index in [9.17, 15) is 24.5 Å². The van der Waals surface area contributed by atoms with Crippen LogP contribution in [-0.2, 0) is 9.59 Å². The lowest BCUT2D eigenvalue weighted by molar-refractivity contribution is -0.385. The molecule has 1 aliphatic rings. The molecule has 0 aliphatic carbocycles. The Bertz CT molecular complexity index is 641. The lowest BCUT2D eigenvalue weighted by atomic mass is 10.0. The zero-order valence-electron chi connectivity index (χ0n) is 11.2. The van der Waals surface area contributed by atoms with Crippen molar-refractivity contribution < 1.29 is 19.3 Å². The number of nitro groups is 1. The van der Waals surface area contributed by atoms with Crippen molar-refractivity contribution >= 4 is 23.4 Å². The van der Waals surface area contributed by atoms with E-state index < -0.39 is 28.7 Å². The molecule has 1 fully saturated rings. The molecule has 2 rings (SSSR count). The predicted octanol–water partition coefficient (Wildman–Crippen LogP) is 0.438. The predicted molar refractivity (Wildman–Crippen MR) is 71.5 cm³/mol. The van der Waals surface area contributed by atoms with E-state index in [2.05, 4.69) is 10.6 Å². The van der Waals surface area contributed by atoms with Crippen molar-refractivity contribution in [1.82, 2.24) is 10.6 Å². The highest BCUT2D eigenvalue weighted by Gasteiger charge is 2.30. The van der Waals surface area contributed by atoms with Crippen LogP contribution in [0, 0.1) is 17.0 Å². The third-order valence-electron chi connectivity index (χ3n) is 3.22. The number of benzene rings is 1. The second-order valence-electron chi connectivity index (χ2n) is 4.70. The van der Waals surface area contributed by atoms with Gasteiger partial charge in [0.1, 0.15) is 11.6 Å². The first-order chi connectivity index (χ1) is 9.90. The third kappa shape index (κ3) is 3.04. The lowest BCUT2D eigenvalue weighted by Gasteiger charge is -2.22. The number of aryl methyl sites for hydroxylation is 1. The van der Waals surface area contributed by atoms with Crippen molar-refractivity contribution in [1.29, 1.82) is 0 Å². The molecule has 0 spiro atoms. The zero-order valence-corrected chi connectivity index (χ0v) is 11.2. The maximum absolute atomic E-state index is 12.2. The summed E-state index contributed by atoms with van der Waals surface area (Å²) in [5, 5.41) is 15.5. The third-order valence-corrected chi connectivity index (χ3v) is 3.22. The van der Waals surface area contributed by atoms with E-state index in [1.54, 1.807) is 13.0 Å². The molecule has 1 atom stereocenters. The van der Waals surface area contributed by atoms with Crippen LogP contribution >= 0.6 is 0 Å². The molecule has 1 heterocycles. The van der Waals surface area contributed by atoms with Crippen molar-refractivity contribution in [2.24, 2.45) is 0 Å². The van der Waals surface area contributed by atoms with Crippen LogP contribution in [0.3, 0.4) is 0 Å². The van der Waals surface area contributed by atoms with Crippen LogP contribution in [0.15, 0.2) is 18.2 Å². The van der Waals surface area contributed by atoms with Crippen molar-refractivity contribution in [2.45, 2.75) is 25.8 Å². The normalized spacial score (nSPS) is 18.0. The van der Waals surface area contributed by atoms with E-state index in [4.69, 9.17) is 0 Å². The Hall–Kier alpha value is -2.77. The first-order valence-corrected chi connectivity index (χ1v) is 6.28. The monoisotopic (exact) mass is 291 g/mol. The number of piperidine rings is 1. The molecule has 110 valence electrons. The van der Waals surface area contributed by atoms with Crippen LogP contribution < -0.4 is 10.6 Å². The largest absolute Gasteiger partial charge is 0.340 e. The molecule has 0 radical (unpaired) electrons. The molecule has 1 aromatic carbocycles. The quantitative estimate of drug-likeness (QED) is 0.476. The number of imide groups is 1. The fourth-order valence-corrected chi connectivity index (χ4v) is 2.16. The Labute approximate surface area is 119 Å². The first kappa shape index (κ1) is 14.6. The maximum Gasteiger partial charge on any atom is 0.282 e. The highest BCUT2D eigenvalue weighted by Crippen LogP contribution is 2.22. The highest BCUT2D eigenvalue weighted by atomic mass is 16.6. The smallest absolute Gasteiger partial charge is 0.282 e. The van der Waals surface area contributed by atoms with Crippen LogP contribution in [-0.4, -0.2) is 28.7 Å². The molecule has 8 nitrogen and oxygen atoms in total. The summed E-state index contributed by atoms with van der Waals surface area (Å²) in [6.45, 7) is 1.58. The summed E-state index contributed by atoms with van der Waals surface area (Å²) < 4.78 is 0. The Morgan fingerprint density at radius 3 is 2.76 bits per heavy atom. The standard InChI is InChI=1S/C13H13N3O5/c1-7-3-2-4-9(16(20)21)11(7)13(19)14-8-5-6-10(17)15-12(8)18/h2-4,8H,5-6H2,1H3,(H,14,19)(H,15,17,18). The van der Waals surface area contributed by atoms with Crippen LogP contribution in [0.1, 0.15) is 28.8 Å².